The summed E-state index contributed by atoms with van der Waals surface area (Å²) in [7, 11) is 0. The fraction of sp³-hybridized carbons (Fsp3) is 0.565. The van der Waals surface area contributed by atoms with Crippen molar-refractivity contribution in [1.82, 2.24) is 24.8 Å². The lowest BCUT2D eigenvalue weighted by Crippen LogP contribution is -2.53. The number of piperazine rings is 1. The van der Waals surface area contributed by atoms with Gasteiger partial charge < -0.3 is 19.1 Å². The monoisotopic (exact) mass is 441 g/mol. The zero-order valence-electron chi connectivity index (χ0n) is 18.8. The maximum atomic E-state index is 13.1. The molecule has 2 amide bonds. The van der Waals surface area contributed by atoms with Gasteiger partial charge in [-0.25, -0.2) is 4.79 Å². The zero-order chi connectivity index (χ0) is 22.5. The number of carbonyl (C=O) groups is 2. The Morgan fingerprint density at radius 3 is 2.53 bits per heavy atom. The van der Waals surface area contributed by atoms with E-state index in [9.17, 15) is 9.59 Å². The lowest BCUT2D eigenvalue weighted by atomic mass is 9.96. The fourth-order valence-corrected chi connectivity index (χ4v) is 4.31. The molecule has 0 bridgehead atoms. The van der Waals surface area contributed by atoms with E-state index in [1.54, 1.807) is 11.8 Å². The SMILES string of the molecule is CCOC(=O)N1CCN(C(=O)C2CCCN(Cc3nc(-c4ccc(C)cc4)no3)C2)CC1. The molecule has 172 valence electrons. The van der Waals surface area contributed by atoms with Gasteiger partial charge in [-0.1, -0.05) is 35.0 Å². The van der Waals surface area contributed by atoms with Crippen molar-refractivity contribution in [3.8, 4) is 11.4 Å². The quantitative estimate of drug-likeness (QED) is 0.704. The Hall–Kier alpha value is -2.94. The van der Waals surface area contributed by atoms with Gasteiger partial charge in [-0.15, -0.1) is 0 Å². The van der Waals surface area contributed by atoms with Crippen molar-refractivity contribution >= 4 is 12.0 Å². The van der Waals surface area contributed by atoms with Crippen LogP contribution in [0.1, 0.15) is 31.2 Å². The highest BCUT2D eigenvalue weighted by atomic mass is 16.6. The number of carbonyl (C=O) groups excluding carboxylic acids is 2. The second-order valence-electron chi connectivity index (χ2n) is 8.46. The molecule has 1 aromatic heterocycles. The third-order valence-corrected chi connectivity index (χ3v) is 6.11. The Bertz CT molecular complexity index is 921. The highest BCUT2D eigenvalue weighted by Crippen LogP contribution is 2.22. The molecule has 9 nitrogen and oxygen atoms in total. The molecule has 1 aromatic carbocycles. The number of nitrogens with zero attached hydrogens (tertiary/aromatic N) is 5. The van der Waals surface area contributed by atoms with Crippen LogP contribution in [-0.2, 0) is 16.1 Å². The molecule has 2 fully saturated rings. The van der Waals surface area contributed by atoms with E-state index in [1.165, 1.54) is 5.56 Å². The molecule has 2 aliphatic heterocycles. The molecular formula is C23H31N5O4. The summed E-state index contributed by atoms with van der Waals surface area (Å²) in [4.78, 5) is 35.3. The summed E-state index contributed by atoms with van der Waals surface area (Å²) in [6, 6.07) is 8.03. The van der Waals surface area contributed by atoms with Gasteiger partial charge in [0.2, 0.25) is 17.6 Å². The van der Waals surface area contributed by atoms with Gasteiger partial charge in [0.05, 0.1) is 19.1 Å². The highest BCUT2D eigenvalue weighted by molar-refractivity contribution is 5.79. The summed E-state index contributed by atoms with van der Waals surface area (Å²) >= 11 is 0. The molecule has 4 rings (SSSR count). The Kier molecular flexibility index (Phi) is 7.04. The van der Waals surface area contributed by atoms with E-state index >= 15 is 0 Å². The summed E-state index contributed by atoms with van der Waals surface area (Å²) in [6.07, 6.45) is 1.54. The first-order chi connectivity index (χ1) is 15.5. The van der Waals surface area contributed by atoms with Crippen LogP contribution in [-0.4, -0.2) is 82.7 Å². The summed E-state index contributed by atoms with van der Waals surface area (Å²) in [6.45, 7) is 8.47. The molecule has 0 N–H and O–H groups in total. The number of likely N-dealkylation sites (tertiary alicyclic amines) is 1. The first-order valence-corrected chi connectivity index (χ1v) is 11.4. The maximum Gasteiger partial charge on any atom is 0.409 e. The summed E-state index contributed by atoms with van der Waals surface area (Å²) in [5.41, 5.74) is 2.11. The van der Waals surface area contributed by atoms with Crippen LogP contribution in [0.15, 0.2) is 28.8 Å². The third-order valence-electron chi connectivity index (χ3n) is 6.11. The zero-order valence-corrected chi connectivity index (χ0v) is 18.8. The third kappa shape index (κ3) is 5.27. The van der Waals surface area contributed by atoms with Gasteiger partial charge in [-0.3, -0.25) is 9.69 Å². The van der Waals surface area contributed by atoms with Gasteiger partial charge in [0, 0.05) is 38.3 Å². The Morgan fingerprint density at radius 1 is 1.09 bits per heavy atom. The van der Waals surface area contributed by atoms with Crippen molar-refractivity contribution in [1.29, 1.82) is 0 Å². The van der Waals surface area contributed by atoms with Gasteiger partial charge in [0.15, 0.2) is 0 Å². The molecule has 0 radical (unpaired) electrons. The topological polar surface area (TPSA) is 92.0 Å². The highest BCUT2D eigenvalue weighted by Gasteiger charge is 2.32. The fourth-order valence-electron chi connectivity index (χ4n) is 4.31. The second-order valence-corrected chi connectivity index (χ2v) is 8.46. The number of aromatic nitrogens is 2. The molecule has 2 aromatic rings. The molecule has 1 unspecified atom stereocenters. The van der Waals surface area contributed by atoms with E-state index < -0.39 is 0 Å². The molecule has 0 saturated carbocycles. The number of amides is 2. The lowest BCUT2D eigenvalue weighted by Gasteiger charge is -2.38. The van der Waals surface area contributed by atoms with E-state index in [2.05, 4.69) is 15.0 Å². The van der Waals surface area contributed by atoms with Crippen molar-refractivity contribution in [2.75, 3.05) is 45.9 Å². The number of benzene rings is 1. The number of aryl methyl sites for hydroxylation is 1. The molecule has 32 heavy (non-hydrogen) atoms. The number of hydrogen-bond donors (Lipinski definition) is 0. The average Bonchev–Trinajstić information content (AvgIpc) is 3.28. The van der Waals surface area contributed by atoms with Crippen LogP contribution in [0.5, 0.6) is 0 Å². The smallest absolute Gasteiger partial charge is 0.409 e. The molecule has 3 heterocycles. The van der Waals surface area contributed by atoms with Crippen LogP contribution in [0.25, 0.3) is 11.4 Å². The van der Waals surface area contributed by atoms with Gasteiger partial charge in [-0.05, 0) is 33.2 Å². The van der Waals surface area contributed by atoms with E-state index in [1.807, 2.05) is 36.1 Å². The van der Waals surface area contributed by atoms with Crippen molar-refractivity contribution in [3.63, 3.8) is 0 Å². The molecule has 2 aliphatic rings. The van der Waals surface area contributed by atoms with E-state index in [4.69, 9.17) is 9.26 Å². The molecule has 9 heteroatoms. The largest absolute Gasteiger partial charge is 0.450 e. The summed E-state index contributed by atoms with van der Waals surface area (Å²) < 4.78 is 10.5. The lowest BCUT2D eigenvalue weighted by molar-refractivity contribution is -0.139. The van der Waals surface area contributed by atoms with Crippen LogP contribution in [0.3, 0.4) is 0 Å². The van der Waals surface area contributed by atoms with Crippen molar-refractivity contribution < 1.29 is 18.8 Å². The Balaban J connectivity index is 1.30. The molecule has 0 aliphatic carbocycles. The van der Waals surface area contributed by atoms with Gasteiger partial charge in [-0.2, -0.15) is 4.98 Å². The summed E-state index contributed by atoms with van der Waals surface area (Å²) in [5.74, 6) is 1.28. The second kappa shape index (κ2) is 10.1. The minimum Gasteiger partial charge on any atom is -0.450 e. The predicted molar refractivity (Wildman–Crippen MR) is 118 cm³/mol. The Labute approximate surface area is 188 Å². The first kappa shape index (κ1) is 22.3. The Morgan fingerprint density at radius 2 is 1.81 bits per heavy atom. The van der Waals surface area contributed by atoms with E-state index in [0.29, 0.717) is 57.6 Å². The van der Waals surface area contributed by atoms with E-state index in [-0.39, 0.29) is 17.9 Å². The van der Waals surface area contributed by atoms with Crippen molar-refractivity contribution in [2.45, 2.75) is 33.2 Å². The van der Waals surface area contributed by atoms with Gasteiger partial charge >= 0.3 is 6.09 Å². The molecular weight excluding hydrogens is 410 g/mol. The minimum absolute atomic E-state index is 0.0441. The van der Waals surface area contributed by atoms with Gasteiger partial charge in [0.25, 0.3) is 0 Å². The van der Waals surface area contributed by atoms with Crippen LogP contribution >= 0.6 is 0 Å². The summed E-state index contributed by atoms with van der Waals surface area (Å²) in [5, 5.41) is 4.11. The number of ether oxygens (including phenoxy) is 1. The number of hydrogen-bond acceptors (Lipinski definition) is 7. The first-order valence-electron chi connectivity index (χ1n) is 11.4. The van der Waals surface area contributed by atoms with Crippen LogP contribution in [0.4, 0.5) is 4.79 Å². The maximum absolute atomic E-state index is 13.1. The number of rotatable bonds is 5. The van der Waals surface area contributed by atoms with Crippen molar-refractivity contribution in [2.24, 2.45) is 5.92 Å². The predicted octanol–water partition coefficient (Wildman–Crippen LogP) is 2.56. The van der Waals surface area contributed by atoms with Crippen LogP contribution in [0, 0.1) is 12.8 Å². The molecule has 2 saturated heterocycles. The minimum atomic E-state index is -0.298. The van der Waals surface area contributed by atoms with Gasteiger partial charge in [0.1, 0.15) is 0 Å². The molecule has 1 atom stereocenters. The number of piperidine rings is 1. The van der Waals surface area contributed by atoms with Crippen LogP contribution in [0.2, 0.25) is 0 Å². The standard InChI is InChI=1S/C23H31N5O4/c1-3-31-23(30)28-13-11-27(12-14-28)22(29)19-5-4-10-26(15-19)16-20-24-21(25-32-20)18-8-6-17(2)7-9-18/h6-9,19H,3-5,10-16H2,1-2H3. The van der Waals surface area contributed by atoms with Crippen LogP contribution < -0.4 is 0 Å². The normalized spacial score (nSPS) is 19.8. The average molecular weight is 442 g/mol. The molecule has 0 spiro atoms. The van der Waals surface area contributed by atoms with Crippen molar-refractivity contribution in [3.05, 3.63) is 35.7 Å². The van der Waals surface area contributed by atoms with E-state index in [0.717, 1.165) is 24.9 Å².